The predicted molar refractivity (Wildman–Crippen MR) is 92.0 cm³/mol. The Morgan fingerprint density at radius 2 is 2.05 bits per heavy atom. The molecule has 0 unspecified atom stereocenters. The van der Waals surface area contributed by atoms with Crippen LogP contribution in [0, 0.1) is 0 Å². The number of rotatable bonds is 5. The molecule has 0 aliphatic rings. The molecule has 0 amide bonds. The number of carbonyl (C=O) groups is 1. The van der Waals surface area contributed by atoms with E-state index in [2.05, 4.69) is 15.9 Å². The average molecular weight is 379 g/mol. The summed E-state index contributed by atoms with van der Waals surface area (Å²) in [6, 6.07) is 13.3. The minimum absolute atomic E-state index is 0.474. The summed E-state index contributed by atoms with van der Waals surface area (Å²) in [5.74, 6) is 0.666. The Morgan fingerprint density at radius 1 is 1.23 bits per heavy atom. The van der Waals surface area contributed by atoms with Gasteiger partial charge in [0.1, 0.15) is 12.4 Å². The van der Waals surface area contributed by atoms with E-state index in [1.54, 1.807) is 6.07 Å². The Labute approximate surface area is 141 Å². The Kier molecular flexibility index (Phi) is 4.50. The third-order valence-electron chi connectivity index (χ3n) is 3.43. The second-order valence-corrected chi connectivity index (χ2v) is 6.16. The van der Waals surface area contributed by atoms with Gasteiger partial charge in [0, 0.05) is 27.1 Å². The van der Waals surface area contributed by atoms with Crippen LogP contribution in [0.1, 0.15) is 10.4 Å². The van der Waals surface area contributed by atoms with Crippen LogP contribution in [0.15, 0.2) is 53.1 Å². The monoisotopic (exact) mass is 377 g/mol. The van der Waals surface area contributed by atoms with E-state index in [1.165, 1.54) is 0 Å². The number of carbonyl (C=O) groups excluding carboxylic acids is 1. The smallest absolute Gasteiger partial charge is 0.152 e. The number of halogens is 2. The van der Waals surface area contributed by atoms with E-state index >= 15 is 0 Å². The molecular formula is C17H13BrClNO2. The first kappa shape index (κ1) is 15.1. The molecule has 0 atom stereocenters. The van der Waals surface area contributed by atoms with E-state index in [-0.39, 0.29) is 0 Å². The molecule has 0 aliphatic carbocycles. The fourth-order valence-corrected chi connectivity index (χ4v) is 2.94. The molecule has 1 heterocycles. The minimum atomic E-state index is 0.474. The van der Waals surface area contributed by atoms with Gasteiger partial charge in [-0.2, -0.15) is 0 Å². The summed E-state index contributed by atoms with van der Waals surface area (Å²) in [6.45, 7) is 1.11. The van der Waals surface area contributed by atoms with Crippen LogP contribution in [0.2, 0.25) is 5.02 Å². The summed E-state index contributed by atoms with van der Waals surface area (Å²) in [5, 5.41) is 1.53. The Hall–Kier alpha value is -1.78. The first-order valence-electron chi connectivity index (χ1n) is 6.80. The van der Waals surface area contributed by atoms with Crippen molar-refractivity contribution in [2.45, 2.75) is 6.54 Å². The summed E-state index contributed by atoms with van der Waals surface area (Å²) in [7, 11) is 0. The number of para-hydroxylation sites is 1. The van der Waals surface area contributed by atoms with Crippen LogP contribution in [0.4, 0.5) is 0 Å². The standard InChI is InChI=1S/C17H13BrClNO2/c18-13-5-6-16-14(9-13)12(11-21)10-20(16)7-8-22-17-4-2-1-3-15(17)19/h1-6,9-11H,7-8H2. The van der Waals surface area contributed by atoms with Crippen LogP contribution in [-0.2, 0) is 6.54 Å². The van der Waals surface area contributed by atoms with Gasteiger partial charge in [-0.3, -0.25) is 4.79 Å². The fourth-order valence-electron chi connectivity index (χ4n) is 2.39. The van der Waals surface area contributed by atoms with Gasteiger partial charge in [-0.25, -0.2) is 0 Å². The highest BCUT2D eigenvalue weighted by Crippen LogP contribution is 2.25. The van der Waals surface area contributed by atoms with E-state index in [9.17, 15) is 4.79 Å². The van der Waals surface area contributed by atoms with Gasteiger partial charge in [0.15, 0.2) is 6.29 Å². The Balaban J connectivity index is 1.80. The van der Waals surface area contributed by atoms with Crippen LogP contribution in [-0.4, -0.2) is 17.5 Å². The predicted octanol–water partition coefficient (Wildman–Crippen LogP) is 4.95. The van der Waals surface area contributed by atoms with Gasteiger partial charge in [-0.05, 0) is 30.3 Å². The number of fused-ring (bicyclic) bond motifs is 1. The topological polar surface area (TPSA) is 31.2 Å². The third-order valence-corrected chi connectivity index (χ3v) is 4.23. The van der Waals surface area contributed by atoms with Crippen molar-refractivity contribution in [1.29, 1.82) is 0 Å². The maximum atomic E-state index is 11.2. The molecule has 0 N–H and O–H groups in total. The normalized spacial score (nSPS) is 10.8. The lowest BCUT2D eigenvalue weighted by Gasteiger charge is -2.09. The van der Waals surface area contributed by atoms with E-state index < -0.39 is 0 Å². The highest BCUT2D eigenvalue weighted by atomic mass is 79.9. The van der Waals surface area contributed by atoms with Gasteiger partial charge in [0.05, 0.1) is 11.6 Å². The first-order valence-corrected chi connectivity index (χ1v) is 7.97. The SMILES string of the molecule is O=Cc1cn(CCOc2ccccc2Cl)c2ccc(Br)cc12. The number of nitrogens with zero attached hydrogens (tertiary/aromatic N) is 1. The highest BCUT2D eigenvalue weighted by Gasteiger charge is 2.08. The molecule has 0 bridgehead atoms. The molecule has 2 aromatic carbocycles. The van der Waals surface area contributed by atoms with Crippen LogP contribution in [0.5, 0.6) is 5.75 Å². The molecule has 3 aromatic rings. The highest BCUT2D eigenvalue weighted by molar-refractivity contribution is 9.10. The van der Waals surface area contributed by atoms with Crippen LogP contribution >= 0.6 is 27.5 Å². The van der Waals surface area contributed by atoms with Gasteiger partial charge >= 0.3 is 0 Å². The largest absolute Gasteiger partial charge is 0.490 e. The number of aromatic nitrogens is 1. The maximum Gasteiger partial charge on any atom is 0.152 e. The van der Waals surface area contributed by atoms with Crippen molar-refractivity contribution < 1.29 is 9.53 Å². The Morgan fingerprint density at radius 3 is 2.82 bits per heavy atom. The van der Waals surface area contributed by atoms with Gasteiger partial charge in [0.25, 0.3) is 0 Å². The molecule has 0 saturated carbocycles. The summed E-state index contributed by atoms with van der Waals surface area (Å²) in [5.41, 5.74) is 1.68. The molecule has 0 fully saturated rings. The number of hydrogen-bond donors (Lipinski definition) is 0. The van der Waals surface area contributed by atoms with Gasteiger partial charge < -0.3 is 9.30 Å². The zero-order valence-electron chi connectivity index (χ0n) is 11.6. The lowest BCUT2D eigenvalue weighted by atomic mass is 10.2. The number of benzene rings is 2. The van der Waals surface area contributed by atoms with Crippen LogP contribution in [0.25, 0.3) is 10.9 Å². The van der Waals surface area contributed by atoms with Crippen molar-refractivity contribution in [3.05, 3.63) is 63.7 Å². The van der Waals surface area contributed by atoms with Gasteiger partial charge in [0.2, 0.25) is 0 Å². The van der Waals surface area contributed by atoms with Crippen molar-refractivity contribution in [1.82, 2.24) is 4.57 Å². The lowest BCUT2D eigenvalue weighted by Crippen LogP contribution is -2.07. The summed E-state index contributed by atoms with van der Waals surface area (Å²) in [4.78, 5) is 11.2. The first-order chi connectivity index (χ1) is 10.7. The molecule has 112 valence electrons. The van der Waals surface area contributed by atoms with Gasteiger partial charge in [-0.1, -0.05) is 39.7 Å². The number of ether oxygens (including phenoxy) is 1. The van der Waals surface area contributed by atoms with Crippen molar-refractivity contribution >= 4 is 44.7 Å². The van der Waals surface area contributed by atoms with E-state index in [1.807, 2.05) is 47.2 Å². The van der Waals surface area contributed by atoms with Crippen LogP contribution < -0.4 is 4.74 Å². The molecular weight excluding hydrogens is 366 g/mol. The average Bonchev–Trinajstić information content (AvgIpc) is 2.86. The molecule has 0 aliphatic heterocycles. The second-order valence-electron chi connectivity index (χ2n) is 4.84. The van der Waals surface area contributed by atoms with E-state index in [0.29, 0.717) is 29.5 Å². The summed E-state index contributed by atoms with van der Waals surface area (Å²) in [6.07, 6.45) is 2.72. The zero-order chi connectivity index (χ0) is 15.5. The summed E-state index contributed by atoms with van der Waals surface area (Å²) >= 11 is 9.49. The molecule has 1 aromatic heterocycles. The number of aldehydes is 1. The van der Waals surface area contributed by atoms with Crippen molar-refractivity contribution in [3.8, 4) is 5.75 Å². The fraction of sp³-hybridized carbons (Fsp3) is 0.118. The molecule has 3 nitrogen and oxygen atoms in total. The number of hydrogen-bond acceptors (Lipinski definition) is 2. The second kappa shape index (κ2) is 6.55. The molecule has 0 saturated heterocycles. The zero-order valence-corrected chi connectivity index (χ0v) is 14.0. The summed E-state index contributed by atoms with van der Waals surface area (Å²) < 4.78 is 8.67. The lowest BCUT2D eigenvalue weighted by molar-refractivity contribution is 0.112. The van der Waals surface area contributed by atoms with E-state index in [4.69, 9.17) is 16.3 Å². The quantitative estimate of drug-likeness (QED) is 0.588. The van der Waals surface area contributed by atoms with Crippen molar-refractivity contribution in [3.63, 3.8) is 0 Å². The molecule has 22 heavy (non-hydrogen) atoms. The van der Waals surface area contributed by atoms with Gasteiger partial charge in [-0.15, -0.1) is 0 Å². The molecule has 3 rings (SSSR count). The third kappa shape index (κ3) is 3.03. The molecule has 0 radical (unpaired) electrons. The Bertz CT molecular complexity index is 829. The maximum absolute atomic E-state index is 11.2. The van der Waals surface area contributed by atoms with E-state index in [0.717, 1.165) is 21.7 Å². The molecule has 0 spiro atoms. The molecule has 5 heteroatoms. The van der Waals surface area contributed by atoms with Crippen LogP contribution in [0.3, 0.4) is 0 Å². The van der Waals surface area contributed by atoms with Crippen molar-refractivity contribution in [2.75, 3.05) is 6.61 Å². The minimum Gasteiger partial charge on any atom is -0.490 e. The van der Waals surface area contributed by atoms with Crippen molar-refractivity contribution in [2.24, 2.45) is 0 Å².